The van der Waals surface area contributed by atoms with E-state index >= 15 is 0 Å². The Morgan fingerprint density at radius 1 is 1.02 bits per heavy atom. The van der Waals surface area contributed by atoms with Gasteiger partial charge < -0.3 is 14.6 Å². The molecule has 1 amide bonds. The number of methoxy groups -OCH3 is 1. The van der Waals surface area contributed by atoms with Crippen LogP contribution in [0.2, 0.25) is 10.2 Å². The first-order chi connectivity index (χ1) is 20.9. The lowest BCUT2D eigenvalue weighted by molar-refractivity contribution is -0.119. The summed E-state index contributed by atoms with van der Waals surface area (Å²) in [6.45, 7) is 2.90. The summed E-state index contributed by atoms with van der Waals surface area (Å²) in [7, 11) is -1.52. The number of pyridine rings is 1. The number of benzene rings is 3. The fraction of sp³-hybridized carbons (Fsp3) is 0.161. The molecule has 9 nitrogen and oxygen atoms in total. The summed E-state index contributed by atoms with van der Waals surface area (Å²) >= 11 is 12.3. The smallest absolute Gasteiger partial charge is 0.252 e. The van der Waals surface area contributed by atoms with Crippen LogP contribution in [-0.2, 0) is 15.8 Å². The molecule has 44 heavy (non-hydrogen) atoms. The van der Waals surface area contributed by atoms with Gasteiger partial charge in [0.05, 0.1) is 25.2 Å². The number of anilines is 1. The largest absolute Gasteiger partial charge is 0.495 e. The molecule has 0 radical (unpaired) electrons. The maximum Gasteiger partial charge on any atom is 0.252 e. The van der Waals surface area contributed by atoms with Crippen molar-refractivity contribution in [3.05, 3.63) is 117 Å². The molecule has 0 bridgehead atoms. The molecule has 0 fully saturated rings. The summed E-state index contributed by atoms with van der Waals surface area (Å²) in [6, 6.07) is 18.5. The van der Waals surface area contributed by atoms with Crippen molar-refractivity contribution in [3.63, 3.8) is 0 Å². The first kappa shape index (κ1) is 31.2. The Morgan fingerprint density at radius 2 is 1.77 bits per heavy atom. The highest BCUT2D eigenvalue weighted by Crippen LogP contribution is 2.37. The quantitative estimate of drug-likeness (QED) is 0.189. The first-order valence-corrected chi connectivity index (χ1v) is 16.7. The van der Waals surface area contributed by atoms with Crippen molar-refractivity contribution in [1.29, 1.82) is 0 Å². The lowest BCUT2D eigenvalue weighted by atomic mass is 10.0. The van der Waals surface area contributed by atoms with Crippen molar-refractivity contribution in [2.45, 2.75) is 12.5 Å². The molecule has 0 aliphatic carbocycles. The number of hydrogen-bond acceptors (Lipinski definition) is 6. The van der Waals surface area contributed by atoms with Gasteiger partial charge in [0.2, 0.25) is 5.91 Å². The normalized spacial score (nSPS) is 12.1. The summed E-state index contributed by atoms with van der Waals surface area (Å²) < 4.78 is 35.5. The molecule has 0 aliphatic rings. The number of nitrogens with zero attached hydrogens (tertiary/aromatic N) is 4. The Kier molecular flexibility index (Phi) is 9.06. The second-order valence-corrected chi connectivity index (χ2v) is 14.4. The molecule has 3 aromatic carbocycles. The van der Waals surface area contributed by atoms with E-state index in [0.29, 0.717) is 21.8 Å². The van der Waals surface area contributed by atoms with Crippen LogP contribution in [0, 0.1) is 5.82 Å². The third kappa shape index (κ3) is 6.78. The van der Waals surface area contributed by atoms with E-state index in [1.807, 2.05) is 30.3 Å². The fourth-order valence-corrected chi connectivity index (χ4v) is 6.15. The topological polar surface area (TPSA) is 108 Å². The number of carbonyl (C=O) groups excluding carboxylic acids is 1. The average molecular weight is 654 g/mol. The molecule has 1 N–H and O–H groups in total. The van der Waals surface area contributed by atoms with E-state index in [0.717, 1.165) is 11.6 Å². The minimum Gasteiger partial charge on any atom is -0.495 e. The number of hydrogen-bond donors (Lipinski definition) is 1. The van der Waals surface area contributed by atoms with Crippen molar-refractivity contribution in [3.8, 4) is 22.6 Å². The van der Waals surface area contributed by atoms with Crippen LogP contribution in [0.1, 0.15) is 11.6 Å². The number of rotatable bonds is 9. The van der Waals surface area contributed by atoms with Crippen molar-refractivity contribution in [1.82, 2.24) is 19.6 Å². The highest BCUT2D eigenvalue weighted by molar-refractivity contribution is 7.70. The number of halogens is 3. The molecule has 13 heteroatoms. The van der Waals surface area contributed by atoms with E-state index < -0.39 is 30.5 Å². The Bertz CT molecular complexity index is 1960. The highest BCUT2D eigenvalue weighted by Gasteiger charge is 2.26. The van der Waals surface area contributed by atoms with Gasteiger partial charge >= 0.3 is 0 Å². The molecule has 2 aromatic heterocycles. The molecule has 226 valence electrons. The molecule has 2 heterocycles. The van der Waals surface area contributed by atoms with Crippen molar-refractivity contribution >= 4 is 47.2 Å². The zero-order valence-corrected chi connectivity index (χ0v) is 26.3. The molecule has 5 rings (SSSR count). The van der Waals surface area contributed by atoms with E-state index in [1.54, 1.807) is 18.2 Å². The Hall–Kier alpha value is -4.24. The first-order valence-electron chi connectivity index (χ1n) is 13.3. The van der Waals surface area contributed by atoms with Gasteiger partial charge in [0.25, 0.3) is 5.56 Å². The Morgan fingerprint density at radius 3 is 2.43 bits per heavy atom. The maximum atomic E-state index is 14.4. The number of nitrogens with one attached hydrogen (secondary N) is 1. The minimum atomic E-state index is -2.97. The standard InChI is InChI=1S/C31H27Cl2FN5O4P/c1-43-27-17-38(30(40)16-23(27)22-14-20(32)9-12-25(22)39-18-29(33)36-37-39)26(13-19-7-5-4-6-8-19)31(41)35-21-10-11-24(34)28(15-21)44(2,3)42/h4-12,14-18,26H,13H2,1-3H3,(H,35,41). The van der Waals surface area contributed by atoms with Crippen molar-refractivity contribution in [2.75, 3.05) is 25.8 Å². The summed E-state index contributed by atoms with van der Waals surface area (Å²) in [5.41, 5.74) is 2.02. The molecular weight excluding hydrogens is 627 g/mol. The van der Waals surface area contributed by atoms with Crippen LogP contribution < -0.4 is 20.9 Å². The lowest BCUT2D eigenvalue weighted by Gasteiger charge is -2.22. The summed E-state index contributed by atoms with van der Waals surface area (Å²) in [6.07, 6.45) is 3.13. The van der Waals surface area contributed by atoms with Crippen LogP contribution in [0.5, 0.6) is 5.75 Å². The van der Waals surface area contributed by atoms with Crippen molar-refractivity contribution < 1.29 is 18.5 Å². The number of carbonyl (C=O) groups is 1. The maximum absolute atomic E-state index is 14.4. The summed E-state index contributed by atoms with van der Waals surface area (Å²) in [4.78, 5) is 27.6. The lowest BCUT2D eigenvalue weighted by Crippen LogP contribution is -2.34. The second kappa shape index (κ2) is 12.8. The second-order valence-electron chi connectivity index (χ2n) is 10.4. The predicted molar refractivity (Wildman–Crippen MR) is 171 cm³/mol. The van der Waals surface area contributed by atoms with Crippen LogP contribution in [0.15, 0.2) is 90.0 Å². The molecule has 5 aromatic rings. The molecule has 1 unspecified atom stereocenters. The van der Waals surface area contributed by atoms with Gasteiger partial charge in [-0.15, -0.1) is 5.10 Å². The molecule has 0 saturated carbocycles. The van der Waals surface area contributed by atoms with E-state index in [1.165, 1.54) is 60.3 Å². The highest BCUT2D eigenvalue weighted by atomic mass is 35.5. The van der Waals surface area contributed by atoms with Gasteiger partial charge in [-0.2, -0.15) is 0 Å². The monoisotopic (exact) mass is 653 g/mol. The van der Waals surface area contributed by atoms with Crippen LogP contribution in [0.25, 0.3) is 16.8 Å². The van der Waals surface area contributed by atoms with Crippen LogP contribution in [0.4, 0.5) is 10.1 Å². The third-order valence-electron chi connectivity index (χ3n) is 6.93. The number of aromatic nitrogens is 4. The van der Waals surface area contributed by atoms with Crippen molar-refractivity contribution in [2.24, 2.45) is 0 Å². The van der Waals surface area contributed by atoms with E-state index in [9.17, 15) is 18.5 Å². The SMILES string of the molecule is COc1cn(C(Cc2ccccc2)C(=O)Nc2ccc(F)c(P(C)(C)=O)c2)c(=O)cc1-c1cc(Cl)ccc1-n1cc(Cl)nn1. The van der Waals surface area contributed by atoms with Crippen LogP contribution in [0.3, 0.4) is 0 Å². The van der Waals surface area contributed by atoms with Crippen LogP contribution in [-0.4, -0.2) is 45.9 Å². The molecule has 0 aliphatic heterocycles. The third-order valence-corrected chi connectivity index (χ3v) is 8.84. The summed E-state index contributed by atoms with van der Waals surface area (Å²) in [5.74, 6) is -0.875. The van der Waals surface area contributed by atoms with E-state index in [2.05, 4.69) is 15.6 Å². The zero-order valence-electron chi connectivity index (χ0n) is 23.9. The molecular formula is C31H27Cl2FN5O4P. The molecule has 0 spiro atoms. The van der Waals surface area contributed by atoms with Gasteiger partial charge in [-0.1, -0.05) is 58.7 Å². The molecule has 0 saturated heterocycles. The fourth-order valence-electron chi connectivity index (χ4n) is 4.81. The average Bonchev–Trinajstić information content (AvgIpc) is 3.42. The number of ether oxygens (including phenoxy) is 1. The van der Waals surface area contributed by atoms with Crippen LogP contribution >= 0.6 is 30.3 Å². The van der Waals surface area contributed by atoms with Gasteiger partial charge in [0, 0.05) is 39.6 Å². The van der Waals surface area contributed by atoms with Gasteiger partial charge in [-0.25, -0.2) is 9.07 Å². The van der Waals surface area contributed by atoms with Gasteiger partial charge in [0.1, 0.15) is 24.8 Å². The van der Waals surface area contributed by atoms with E-state index in [4.69, 9.17) is 27.9 Å². The number of amides is 1. The van der Waals surface area contributed by atoms with Gasteiger partial charge in [-0.05, 0) is 55.3 Å². The Balaban J connectivity index is 1.60. The summed E-state index contributed by atoms with van der Waals surface area (Å²) in [5, 5.41) is 11.2. The van der Waals surface area contributed by atoms with Gasteiger partial charge in [0.15, 0.2) is 5.15 Å². The Labute approximate surface area is 262 Å². The minimum absolute atomic E-state index is 0.0177. The van der Waals surface area contributed by atoms with E-state index in [-0.39, 0.29) is 28.3 Å². The molecule has 1 atom stereocenters. The predicted octanol–water partition coefficient (Wildman–Crippen LogP) is 6.22. The van der Waals surface area contributed by atoms with Gasteiger partial charge in [-0.3, -0.25) is 14.2 Å². The zero-order chi connectivity index (χ0) is 31.6.